The molecule has 0 N–H and O–H groups in total. The first-order chi connectivity index (χ1) is 11.6. The van der Waals surface area contributed by atoms with Crippen molar-refractivity contribution in [2.24, 2.45) is 15.2 Å². The van der Waals surface area contributed by atoms with Crippen LogP contribution >= 0.6 is 23.2 Å². The Balaban J connectivity index is 1.97. The summed E-state index contributed by atoms with van der Waals surface area (Å²) in [4.78, 5) is 6.93. The van der Waals surface area contributed by atoms with Crippen LogP contribution in [0.2, 0.25) is 10.0 Å². The quantitative estimate of drug-likeness (QED) is 0.744. The Morgan fingerprint density at radius 2 is 1.92 bits per heavy atom. The van der Waals surface area contributed by atoms with Gasteiger partial charge in [0.15, 0.2) is 5.84 Å². The van der Waals surface area contributed by atoms with Gasteiger partial charge in [0.1, 0.15) is 0 Å². The van der Waals surface area contributed by atoms with Crippen LogP contribution in [0.15, 0.2) is 57.7 Å². The fourth-order valence-electron chi connectivity index (χ4n) is 3.04. The van der Waals surface area contributed by atoms with E-state index in [0.29, 0.717) is 16.6 Å². The summed E-state index contributed by atoms with van der Waals surface area (Å²) in [6, 6.07) is 13.6. The van der Waals surface area contributed by atoms with Gasteiger partial charge in [-0.2, -0.15) is 5.10 Å². The van der Waals surface area contributed by atoms with Crippen LogP contribution in [0.3, 0.4) is 0 Å². The van der Waals surface area contributed by atoms with Crippen molar-refractivity contribution in [3.05, 3.63) is 63.6 Å². The summed E-state index contributed by atoms with van der Waals surface area (Å²) in [5.74, 6) is 0.815. The maximum atomic E-state index is 6.42. The van der Waals surface area contributed by atoms with E-state index in [0.717, 1.165) is 28.4 Å². The molecular weight excluding hydrogens is 343 g/mol. The summed E-state index contributed by atoms with van der Waals surface area (Å²) in [5, 5.41) is 9.68. The van der Waals surface area contributed by atoms with Gasteiger partial charge < -0.3 is 4.90 Å². The Labute approximate surface area is 150 Å². The highest BCUT2D eigenvalue weighted by Crippen LogP contribution is 2.33. The van der Waals surface area contributed by atoms with E-state index in [-0.39, 0.29) is 6.04 Å². The Morgan fingerprint density at radius 1 is 1.08 bits per heavy atom. The minimum Gasteiger partial charge on any atom is -0.318 e. The summed E-state index contributed by atoms with van der Waals surface area (Å²) in [7, 11) is 0. The molecule has 1 unspecified atom stereocenters. The largest absolute Gasteiger partial charge is 0.318 e. The van der Waals surface area contributed by atoms with Crippen LogP contribution in [-0.4, -0.2) is 30.3 Å². The Bertz CT molecular complexity index is 902. The molecule has 2 heterocycles. The molecule has 6 heteroatoms. The molecule has 4 nitrogen and oxygen atoms in total. The number of hydrogen-bond acceptors (Lipinski definition) is 4. The fraction of sp³-hybridized carbons (Fsp3) is 0.167. The van der Waals surface area contributed by atoms with Crippen molar-refractivity contribution >= 4 is 46.7 Å². The average Bonchev–Trinajstić information content (AvgIpc) is 2.73. The lowest BCUT2D eigenvalue weighted by Crippen LogP contribution is -2.42. The van der Waals surface area contributed by atoms with Gasteiger partial charge in [-0.1, -0.05) is 41.4 Å². The van der Waals surface area contributed by atoms with Gasteiger partial charge in [0.2, 0.25) is 0 Å². The molecule has 0 bridgehead atoms. The van der Waals surface area contributed by atoms with Gasteiger partial charge in [-0.25, -0.2) is 0 Å². The zero-order valence-electron chi connectivity index (χ0n) is 12.9. The van der Waals surface area contributed by atoms with Crippen molar-refractivity contribution in [3.8, 4) is 0 Å². The predicted molar refractivity (Wildman–Crippen MR) is 101 cm³/mol. The van der Waals surface area contributed by atoms with E-state index in [2.05, 4.69) is 22.0 Å². The first kappa shape index (κ1) is 15.4. The molecule has 0 amide bonds. The van der Waals surface area contributed by atoms with E-state index in [1.807, 2.05) is 48.7 Å². The van der Waals surface area contributed by atoms with E-state index in [9.17, 15) is 0 Å². The molecule has 0 spiro atoms. The number of aliphatic imine (C=N–C) groups is 1. The normalized spacial score (nSPS) is 19.1. The summed E-state index contributed by atoms with van der Waals surface area (Å²) in [5.41, 5.74) is 3.66. The van der Waals surface area contributed by atoms with Crippen molar-refractivity contribution < 1.29 is 0 Å². The maximum absolute atomic E-state index is 6.42. The van der Waals surface area contributed by atoms with Gasteiger partial charge in [0.25, 0.3) is 0 Å². The number of nitrogens with zero attached hydrogens (tertiary/aromatic N) is 4. The van der Waals surface area contributed by atoms with E-state index >= 15 is 0 Å². The lowest BCUT2D eigenvalue weighted by Gasteiger charge is -2.31. The summed E-state index contributed by atoms with van der Waals surface area (Å²) in [6.45, 7) is 2.52. The minimum atomic E-state index is 0.0956. The van der Waals surface area contributed by atoms with Gasteiger partial charge in [-0.15, -0.1) is 5.10 Å². The highest BCUT2D eigenvalue weighted by atomic mass is 35.5. The number of fused-ring (bicyclic) bond motifs is 3. The fourth-order valence-corrected chi connectivity index (χ4v) is 3.44. The number of amidine groups is 1. The third kappa shape index (κ3) is 2.52. The van der Waals surface area contributed by atoms with Gasteiger partial charge in [0, 0.05) is 27.4 Å². The minimum absolute atomic E-state index is 0.0956. The Hall–Kier alpha value is -2.17. The van der Waals surface area contributed by atoms with E-state index in [1.54, 1.807) is 0 Å². The Morgan fingerprint density at radius 3 is 2.75 bits per heavy atom. The molecule has 2 aliphatic rings. The van der Waals surface area contributed by atoms with Gasteiger partial charge in [0.05, 0.1) is 24.0 Å². The second-order valence-corrected chi connectivity index (χ2v) is 6.54. The molecule has 4 rings (SSSR count). The molecule has 0 aromatic heterocycles. The molecule has 2 aromatic rings. The predicted octanol–water partition coefficient (Wildman–Crippen LogP) is 4.44. The van der Waals surface area contributed by atoms with Crippen molar-refractivity contribution in [1.29, 1.82) is 0 Å². The maximum Gasteiger partial charge on any atom is 0.154 e. The van der Waals surface area contributed by atoms with Gasteiger partial charge in [-0.3, -0.25) is 4.99 Å². The molecule has 0 saturated carbocycles. The lowest BCUT2D eigenvalue weighted by atomic mass is 9.99. The van der Waals surface area contributed by atoms with Crippen LogP contribution < -0.4 is 4.90 Å². The summed E-state index contributed by atoms with van der Waals surface area (Å²) < 4.78 is 0. The number of rotatable bonds is 1. The molecule has 24 heavy (non-hydrogen) atoms. The first-order valence-electron chi connectivity index (χ1n) is 7.63. The van der Waals surface area contributed by atoms with E-state index in [1.165, 1.54) is 0 Å². The highest BCUT2D eigenvalue weighted by molar-refractivity contribution is 6.37. The van der Waals surface area contributed by atoms with Crippen LogP contribution in [0, 0.1) is 0 Å². The van der Waals surface area contributed by atoms with Crippen molar-refractivity contribution in [1.82, 2.24) is 0 Å². The van der Waals surface area contributed by atoms with Crippen LogP contribution in [0.5, 0.6) is 0 Å². The highest BCUT2D eigenvalue weighted by Gasteiger charge is 2.29. The summed E-state index contributed by atoms with van der Waals surface area (Å²) in [6.07, 6.45) is 1.82. The third-order valence-corrected chi connectivity index (χ3v) is 4.69. The molecule has 0 fully saturated rings. The smallest absolute Gasteiger partial charge is 0.154 e. The second-order valence-electron chi connectivity index (χ2n) is 5.70. The molecule has 0 saturated heterocycles. The second kappa shape index (κ2) is 6.04. The van der Waals surface area contributed by atoms with Crippen LogP contribution in [-0.2, 0) is 0 Å². The standard InChI is InChI=1S/C18H14Cl2N4/c1-11-9-22-23-17-10-21-18(13-4-2-3-5-15(13)20)14-8-12(19)6-7-16(14)24(11)17/h2-9,11H,10H2,1H3. The van der Waals surface area contributed by atoms with Crippen LogP contribution in [0.1, 0.15) is 18.1 Å². The summed E-state index contributed by atoms with van der Waals surface area (Å²) >= 11 is 12.7. The molecule has 2 aliphatic heterocycles. The zero-order valence-corrected chi connectivity index (χ0v) is 14.5. The number of benzene rings is 2. The van der Waals surface area contributed by atoms with Crippen molar-refractivity contribution in [3.63, 3.8) is 0 Å². The van der Waals surface area contributed by atoms with E-state index in [4.69, 9.17) is 28.2 Å². The molecule has 2 aromatic carbocycles. The third-order valence-electron chi connectivity index (χ3n) is 4.12. The van der Waals surface area contributed by atoms with Crippen LogP contribution in [0.4, 0.5) is 5.69 Å². The van der Waals surface area contributed by atoms with Crippen molar-refractivity contribution in [2.45, 2.75) is 13.0 Å². The SMILES string of the molecule is CC1C=NN=C2CN=C(c3ccccc3Cl)c3cc(Cl)ccc3N21. The Kier molecular flexibility index (Phi) is 3.87. The monoisotopic (exact) mass is 356 g/mol. The topological polar surface area (TPSA) is 40.3 Å². The molecule has 1 atom stereocenters. The molecule has 120 valence electrons. The number of halogens is 2. The molecule has 0 aliphatic carbocycles. The molecular formula is C18H14Cl2N4. The van der Waals surface area contributed by atoms with E-state index < -0.39 is 0 Å². The van der Waals surface area contributed by atoms with Crippen molar-refractivity contribution in [2.75, 3.05) is 11.4 Å². The van der Waals surface area contributed by atoms with Gasteiger partial charge in [-0.05, 0) is 31.2 Å². The average molecular weight is 357 g/mol. The zero-order chi connectivity index (χ0) is 16.7. The van der Waals surface area contributed by atoms with Crippen LogP contribution in [0.25, 0.3) is 0 Å². The van der Waals surface area contributed by atoms with Gasteiger partial charge >= 0.3 is 0 Å². The molecule has 0 radical (unpaired) electrons. The number of hydrogen-bond donors (Lipinski definition) is 0. The first-order valence-corrected chi connectivity index (χ1v) is 8.39. The number of anilines is 1. The lowest BCUT2D eigenvalue weighted by molar-refractivity contribution is 0.895.